The minimum Gasteiger partial charge on any atom is -0.381 e. The van der Waals surface area contributed by atoms with Crippen molar-refractivity contribution in [1.82, 2.24) is 9.88 Å². The zero-order valence-corrected chi connectivity index (χ0v) is 19.2. The summed E-state index contributed by atoms with van der Waals surface area (Å²) in [4.78, 5) is 6.72. The van der Waals surface area contributed by atoms with E-state index in [-0.39, 0.29) is 5.41 Å². The van der Waals surface area contributed by atoms with E-state index < -0.39 is 5.60 Å². The highest BCUT2D eigenvalue weighted by Crippen LogP contribution is 2.50. The van der Waals surface area contributed by atoms with Gasteiger partial charge >= 0.3 is 0 Å². The predicted molar refractivity (Wildman–Crippen MR) is 124 cm³/mol. The molecule has 3 heterocycles. The maximum absolute atomic E-state index is 12.3. The molecule has 4 nitrogen and oxygen atoms in total. The van der Waals surface area contributed by atoms with E-state index in [9.17, 15) is 5.11 Å². The van der Waals surface area contributed by atoms with Crippen LogP contribution in [0.3, 0.4) is 0 Å². The summed E-state index contributed by atoms with van der Waals surface area (Å²) in [7, 11) is 2.10. The molecule has 2 saturated heterocycles. The summed E-state index contributed by atoms with van der Waals surface area (Å²) < 4.78 is 5.44. The molecule has 1 aromatic heterocycles. The quantitative estimate of drug-likeness (QED) is 0.757. The monoisotopic (exact) mass is 418 g/mol. The number of rotatable bonds is 4. The highest BCUT2D eigenvalue weighted by atomic mass is 16.5. The molecule has 164 valence electrons. The number of nitrogens with zero attached hydrogens (tertiary/aromatic N) is 2. The normalized spacial score (nSPS) is 21.1. The van der Waals surface area contributed by atoms with Crippen molar-refractivity contribution >= 4 is 0 Å². The van der Waals surface area contributed by atoms with E-state index in [0.717, 1.165) is 55.8 Å². The van der Waals surface area contributed by atoms with Gasteiger partial charge in [-0.15, -0.1) is 0 Å². The molecule has 0 amide bonds. The number of hydrogen-bond acceptors (Lipinski definition) is 4. The lowest BCUT2D eigenvalue weighted by Crippen LogP contribution is -2.63. The molecular formula is C27H34N2O2. The van der Waals surface area contributed by atoms with Crippen LogP contribution in [0.25, 0.3) is 0 Å². The lowest BCUT2D eigenvalue weighted by molar-refractivity contribution is -0.127. The third-order valence-electron chi connectivity index (χ3n) is 6.90. The van der Waals surface area contributed by atoms with Crippen molar-refractivity contribution in [3.05, 3.63) is 65.0 Å². The Bertz CT molecular complexity index is 961. The van der Waals surface area contributed by atoms with E-state index in [4.69, 9.17) is 4.74 Å². The zero-order valence-electron chi connectivity index (χ0n) is 19.2. The molecule has 0 spiro atoms. The van der Waals surface area contributed by atoms with Crippen molar-refractivity contribution in [2.45, 2.75) is 45.1 Å². The Morgan fingerprint density at radius 1 is 1.13 bits per heavy atom. The smallest absolute Gasteiger partial charge is 0.124 e. The van der Waals surface area contributed by atoms with Crippen LogP contribution >= 0.6 is 0 Å². The molecule has 2 aromatic rings. The van der Waals surface area contributed by atoms with Gasteiger partial charge in [0.15, 0.2) is 0 Å². The second kappa shape index (κ2) is 8.74. The van der Waals surface area contributed by atoms with Crippen LogP contribution in [0.1, 0.15) is 61.8 Å². The Balaban J connectivity index is 1.72. The first-order chi connectivity index (χ1) is 14.8. The molecule has 0 radical (unpaired) electrons. The Hall–Kier alpha value is -2.19. The van der Waals surface area contributed by atoms with Crippen LogP contribution in [-0.2, 0) is 10.3 Å². The van der Waals surface area contributed by atoms with Crippen molar-refractivity contribution in [3.8, 4) is 11.8 Å². The maximum atomic E-state index is 12.3. The van der Waals surface area contributed by atoms with Crippen LogP contribution in [-0.4, -0.2) is 48.3 Å². The second-order valence-corrected chi connectivity index (χ2v) is 9.84. The van der Waals surface area contributed by atoms with E-state index in [1.807, 2.05) is 6.07 Å². The number of ether oxygens (including phenoxy) is 1. The van der Waals surface area contributed by atoms with Gasteiger partial charge in [0, 0.05) is 61.2 Å². The Morgan fingerprint density at radius 3 is 2.42 bits per heavy atom. The topological polar surface area (TPSA) is 45.6 Å². The minimum absolute atomic E-state index is 0.296. The largest absolute Gasteiger partial charge is 0.381 e. The fourth-order valence-corrected chi connectivity index (χ4v) is 5.08. The van der Waals surface area contributed by atoms with Gasteiger partial charge in [-0.25, -0.2) is 0 Å². The highest BCUT2D eigenvalue weighted by molar-refractivity contribution is 5.44. The van der Waals surface area contributed by atoms with Crippen LogP contribution < -0.4 is 0 Å². The molecule has 2 aliphatic heterocycles. The van der Waals surface area contributed by atoms with Crippen LogP contribution in [0, 0.1) is 23.2 Å². The fourth-order valence-electron chi connectivity index (χ4n) is 5.08. The summed E-state index contributed by atoms with van der Waals surface area (Å²) in [6.45, 7) is 9.78. The molecule has 0 bridgehead atoms. The molecule has 0 saturated carbocycles. The van der Waals surface area contributed by atoms with Gasteiger partial charge in [0.1, 0.15) is 5.60 Å². The first-order valence-corrected chi connectivity index (χ1v) is 11.4. The highest BCUT2D eigenvalue weighted by Gasteiger charge is 2.55. The van der Waals surface area contributed by atoms with Gasteiger partial charge in [0.2, 0.25) is 0 Å². The molecule has 2 aliphatic rings. The van der Waals surface area contributed by atoms with Crippen LogP contribution in [0.15, 0.2) is 42.7 Å². The molecule has 0 unspecified atom stereocenters. The number of pyridine rings is 1. The number of benzene rings is 1. The molecule has 1 N–H and O–H groups in total. The number of hydrogen-bond donors (Lipinski definition) is 1. The van der Waals surface area contributed by atoms with Crippen molar-refractivity contribution < 1.29 is 9.84 Å². The molecule has 1 atom stereocenters. The van der Waals surface area contributed by atoms with Crippen LogP contribution in [0.5, 0.6) is 0 Å². The third-order valence-corrected chi connectivity index (χ3v) is 6.90. The number of aromatic nitrogens is 1. The van der Waals surface area contributed by atoms with Gasteiger partial charge in [0.25, 0.3) is 0 Å². The third kappa shape index (κ3) is 4.28. The zero-order chi connectivity index (χ0) is 22.1. The first-order valence-electron chi connectivity index (χ1n) is 11.4. The lowest BCUT2D eigenvalue weighted by atomic mass is 9.62. The van der Waals surface area contributed by atoms with Gasteiger partial charge in [-0.2, -0.15) is 0 Å². The molecule has 4 heteroatoms. The lowest BCUT2D eigenvalue weighted by Gasteiger charge is -2.55. The van der Waals surface area contributed by atoms with Gasteiger partial charge in [0.05, 0.1) is 0 Å². The predicted octanol–water partition coefficient (Wildman–Crippen LogP) is 4.17. The summed E-state index contributed by atoms with van der Waals surface area (Å²) in [5.74, 6) is 7.53. The average molecular weight is 419 g/mol. The average Bonchev–Trinajstić information content (AvgIpc) is 2.77. The molecule has 31 heavy (non-hydrogen) atoms. The van der Waals surface area contributed by atoms with Gasteiger partial charge in [-0.1, -0.05) is 56.9 Å². The molecule has 4 rings (SSSR count). The Labute approximate surface area is 186 Å². The summed E-state index contributed by atoms with van der Waals surface area (Å²) in [6.07, 6.45) is 5.57. The summed E-state index contributed by atoms with van der Waals surface area (Å²) in [6, 6.07) is 10.5. The van der Waals surface area contributed by atoms with Crippen LogP contribution in [0.4, 0.5) is 0 Å². The van der Waals surface area contributed by atoms with E-state index >= 15 is 0 Å². The summed E-state index contributed by atoms with van der Waals surface area (Å²) in [5, 5.41) is 12.3. The van der Waals surface area contributed by atoms with E-state index in [1.54, 1.807) is 12.4 Å². The van der Waals surface area contributed by atoms with Gasteiger partial charge < -0.3 is 14.7 Å². The Morgan fingerprint density at radius 2 is 1.81 bits per heavy atom. The molecule has 0 aliphatic carbocycles. The molecular weight excluding hydrogens is 384 g/mol. The SMILES string of the molecule is CC(C)c1ccc([C@](O)(c2cncc(C#CC3CCOCC3)c2)C2(C)CN(C)C2)cc1. The number of likely N-dealkylation sites (tertiary alicyclic amines) is 1. The summed E-state index contributed by atoms with van der Waals surface area (Å²) >= 11 is 0. The fraction of sp³-hybridized carbons (Fsp3) is 0.519. The van der Waals surface area contributed by atoms with Gasteiger partial charge in [-0.3, -0.25) is 4.98 Å². The van der Waals surface area contributed by atoms with Gasteiger partial charge in [-0.05, 0) is 43.0 Å². The molecule has 2 fully saturated rings. The Kier molecular flexibility index (Phi) is 6.21. The number of aliphatic hydroxyl groups is 1. The van der Waals surface area contributed by atoms with E-state index in [0.29, 0.717) is 11.8 Å². The molecule has 1 aromatic carbocycles. The first kappa shape index (κ1) is 22.0. The van der Waals surface area contributed by atoms with Crippen molar-refractivity contribution in [2.75, 3.05) is 33.4 Å². The minimum atomic E-state index is -1.13. The van der Waals surface area contributed by atoms with Crippen molar-refractivity contribution in [3.63, 3.8) is 0 Å². The van der Waals surface area contributed by atoms with Crippen molar-refractivity contribution in [1.29, 1.82) is 0 Å². The second-order valence-electron chi connectivity index (χ2n) is 9.84. The van der Waals surface area contributed by atoms with E-state index in [2.05, 4.69) is 73.8 Å². The van der Waals surface area contributed by atoms with Crippen molar-refractivity contribution in [2.24, 2.45) is 11.3 Å². The maximum Gasteiger partial charge on any atom is 0.124 e. The van der Waals surface area contributed by atoms with Crippen LogP contribution in [0.2, 0.25) is 0 Å². The standard InChI is InChI=1S/C27H34N2O2/c1-20(2)23-7-9-24(10-8-23)27(30,26(3)18-29(4)19-26)25-15-22(16-28-17-25)6-5-21-11-13-31-14-12-21/h7-10,15-17,20-21,30H,11-14,18-19H2,1-4H3/t27-/m0/s1. The summed E-state index contributed by atoms with van der Waals surface area (Å²) in [5.41, 5.74) is 2.45. The van der Waals surface area contributed by atoms with E-state index in [1.165, 1.54) is 5.56 Å².